The van der Waals surface area contributed by atoms with Crippen molar-refractivity contribution in [2.24, 2.45) is 0 Å². The third-order valence-electron chi connectivity index (χ3n) is 11.9. The van der Waals surface area contributed by atoms with Gasteiger partial charge in [-0.05, 0) is 65.2 Å². The van der Waals surface area contributed by atoms with Gasteiger partial charge < -0.3 is 19.5 Å². The molecule has 1 amide bonds. The topological polar surface area (TPSA) is 159 Å². The van der Waals surface area contributed by atoms with Crippen LogP contribution in [0.15, 0.2) is 161 Å². The first-order chi connectivity index (χ1) is 33.0. The van der Waals surface area contributed by atoms with Gasteiger partial charge in [-0.1, -0.05) is 103 Å². The number of morpholine rings is 2. The molecule has 0 atom stereocenters. The molecule has 2 aliphatic rings. The zero-order valence-electron chi connectivity index (χ0n) is 38.1. The molecule has 14 nitrogen and oxygen atoms in total. The molecule has 3 N–H and O–H groups in total. The van der Waals surface area contributed by atoms with E-state index in [1.54, 1.807) is 67.7 Å². The Balaban J connectivity index is 0.000000192. The molecule has 16 heteroatoms. The average Bonchev–Trinajstić information content (AvgIpc) is 3.36. The molecule has 0 spiro atoms. The van der Waals surface area contributed by atoms with Gasteiger partial charge in [-0.2, -0.15) is 0 Å². The maximum Gasteiger partial charge on any atom is 0.414 e. The van der Waals surface area contributed by atoms with Gasteiger partial charge in [-0.15, -0.1) is 0 Å². The molecule has 7 aromatic carbocycles. The van der Waals surface area contributed by atoms with Gasteiger partial charge in [0.25, 0.3) is 20.0 Å². The molecule has 0 saturated carbocycles. The maximum atomic E-state index is 13.5. The molecule has 9 rings (SSSR count). The molecule has 2 aliphatic heterocycles. The van der Waals surface area contributed by atoms with Gasteiger partial charge in [0, 0.05) is 92.0 Å². The van der Waals surface area contributed by atoms with Crippen LogP contribution in [0.1, 0.15) is 16.7 Å². The first-order valence-corrected chi connectivity index (χ1v) is 25.4. The smallest absolute Gasteiger partial charge is 0.414 e. The van der Waals surface area contributed by atoms with Crippen LogP contribution in [-0.2, 0) is 54.0 Å². The summed E-state index contributed by atoms with van der Waals surface area (Å²) in [4.78, 5) is 19.2. The van der Waals surface area contributed by atoms with Crippen LogP contribution in [0.25, 0.3) is 21.5 Å². The summed E-state index contributed by atoms with van der Waals surface area (Å²) in [5, 5.41) is 5.81. The van der Waals surface area contributed by atoms with E-state index in [1.807, 2.05) is 98.0 Å². The zero-order valence-corrected chi connectivity index (χ0v) is 39.8. The molecule has 354 valence electrons. The number of amides is 1. The Labute approximate surface area is 398 Å². The highest BCUT2D eigenvalue weighted by atomic mass is 32.2. The van der Waals surface area contributed by atoms with Crippen LogP contribution < -0.4 is 19.7 Å². The van der Waals surface area contributed by atoms with E-state index in [2.05, 4.69) is 24.6 Å². The molecule has 0 radical (unpaired) electrons. The van der Waals surface area contributed by atoms with Crippen molar-refractivity contribution in [3.8, 4) is 0 Å². The highest BCUT2D eigenvalue weighted by Crippen LogP contribution is 2.33. The van der Waals surface area contributed by atoms with Crippen LogP contribution in [0.2, 0.25) is 0 Å². The Morgan fingerprint density at radius 3 is 1.51 bits per heavy atom. The summed E-state index contributed by atoms with van der Waals surface area (Å²) in [6.07, 6.45) is -0.532. The molecule has 2 heterocycles. The number of rotatable bonds is 14. The van der Waals surface area contributed by atoms with E-state index in [1.165, 1.54) is 4.90 Å². The summed E-state index contributed by atoms with van der Waals surface area (Å²) in [6, 6.07) is 45.6. The van der Waals surface area contributed by atoms with Gasteiger partial charge in [0.2, 0.25) is 0 Å². The van der Waals surface area contributed by atoms with Crippen LogP contribution in [0.5, 0.6) is 0 Å². The Morgan fingerprint density at radius 2 is 1.00 bits per heavy atom. The van der Waals surface area contributed by atoms with Crippen molar-refractivity contribution in [3.05, 3.63) is 168 Å². The predicted molar refractivity (Wildman–Crippen MR) is 269 cm³/mol. The normalized spacial score (nSPS) is 14.7. The van der Waals surface area contributed by atoms with Gasteiger partial charge in [0.05, 0.1) is 41.9 Å². The SMILES string of the molecule is CN(C(=O)OCc1ccccc1)c1cccc2c(S(=O)(=O)Nc3ccc(CN4CCOCC4)cc3)cccc12.CNc1cccc2c(S(=O)(=O)Nc3ccc(CN4CCOCC4)cc3)cccc12. The maximum absolute atomic E-state index is 13.5. The number of fused-ring (bicyclic) bond motifs is 2. The molecular weight excluding hydrogens is 901 g/mol. The summed E-state index contributed by atoms with van der Waals surface area (Å²) >= 11 is 0. The molecule has 68 heavy (non-hydrogen) atoms. The average molecular weight is 957 g/mol. The number of anilines is 4. The number of benzene rings is 7. The van der Waals surface area contributed by atoms with Crippen LogP contribution in [0, 0.1) is 0 Å². The fraction of sp³-hybridized carbons (Fsp3) is 0.250. The molecule has 2 fully saturated rings. The second-order valence-electron chi connectivity index (χ2n) is 16.5. The highest BCUT2D eigenvalue weighted by Gasteiger charge is 2.22. The molecule has 7 aromatic rings. The quantitative estimate of drug-likeness (QED) is 0.0957. The number of nitrogens with zero attached hydrogens (tertiary/aromatic N) is 3. The number of ether oxygens (including phenoxy) is 3. The zero-order chi connectivity index (χ0) is 47.5. The van der Waals surface area contributed by atoms with Crippen LogP contribution in [0.3, 0.4) is 0 Å². The predicted octanol–water partition coefficient (Wildman–Crippen LogP) is 8.76. The van der Waals surface area contributed by atoms with Gasteiger partial charge in [0.1, 0.15) is 6.61 Å². The first-order valence-electron chi connectivity index (χ1n) is 22.5. The van der Waals surface area contributed by atoms with E-state index in [0.717, 1.165) is 93.5 Å². The molecule has 0 unspecified atom stereocenters. The van der Waals surface area contributed by atoms with Gasteiger partial charge >= 0.3 is 6.09 Å². The largest absolute Gasteiger partial charge is 0.444 e. The second-order valence-corrected chi connectivity index (χ2v) is 19.8. The molecule has 0 aliphatic carbocycles. The van der Waals surface area contributed by atoms with Crippen molar-refractivity contribution in [2.45, 2.75) is 29.5 Å². The van der Waals surface area contributed by atoms with Gasteiger partial charge in [-0.25, -0.2) is 21.6 Å². The lowest BCUT2D eigenvalue weighted by Gasteiger charge is -2.26. The van der Waals surface area contributed by atoms with Crippen molar-refractivity contribution in [1.82, 2.24) is 9.80 Å². The van der Waals surface area contributed by atoms with Crippen LogP contribution in [-0.4, -0.2) is 99.4 Å². The Morgan fingerprint density at radius 1 is 0.544 bits per heavy atom. The Bertz CT molecular complexity index is 3040. The minimum absolute atomic E-state index is 0.130. The highest BCUT2D eigenvalue weighted by molar-refractivity contribution is 7.93. The van der Waals surface area contributed by atoms with Crippen molar-refractivity contribution < 1.29 is 35.8 Å². The Hall–Kier alpha value is -6.53. The first kappa shape index (κ1) is 47.9. The molecular formula is C52H56N6O8S2. The second kappa shape index (κ2) is 22.1. The third-order valence-corrected chi connectivity index (χ3v) is 14.7. The van der Waals surface area contributed by atoms with Gasteiger partial charge in [0.15, 0.2) is 0 Å². The number of carbonyl (C=O) groups excluding carboxylic acids is 1. The van der Waals surface area contributed by atoms with Crippen LogP contribution >= 0.6 is 0 Å². The summed E-state index contributed by atoms with van der Waals surface area (Å²) in [5.41, 5.74) is 5.62. The third kappa shape index (κ3) is 11.9. The van der Waals surface area contributed by atoms with Crippen molar-refractivity contribution in [3.63, 3.8) is 0 Å². The van der Waals surface area contributed by atoms with E-state index in [-0.39, 0.29) is 16.4 Å². The summed E-state index contributed by atoms with van der Waals surface area (Å²) in [7, 11) is -4.17. The fourth-order valence-electron chi connectivity index (χ4n) is 8.25. The summed E-state index contributed by atoms with van der Waals surface area (Å²) in [5.74, 6) is 0. The fourth-order valence-corrected chi connectivity index (χ4v) is 10.8. The van der Waals surface area contributed by atoms with Crippen molar-refractivity contribution >= 4 is 70.4 Å². The number of carbonyl (C=O) groups is 1. The van der Waals surface area contributed by atoms with E-state index < -0.39 is 26.1 Å². The lowest BCUT2D eigenvalue weighted by atomic mass is 10.1. The van der Waals surface area contributed by atoms with Gasteiger partial charge in [-0.3, -0.25) is 24.1 Å². The molecule has 0 bridgehead atoms. The number of hydrogen-bond donors (Lipinski definition) is 3. The minimum Gasteiger partial charge on any atom is -0.444 e. The molecule has 0 aromatic heterocycles. The number of sulfonamides is 2. The monoisotopic (exact) mass is 956 g/mol. The molecule has 2 saturated heterocycles. The summed E-state index contributed by atoms with van der Waals surface area (Å²) in [6.45, 7) is 8.38. The summed E-state index contributed by atoms with van der Waals surface area (Å²) < 4.78 is 74.7. The van der Waals surface area contributed by atoms with E-state index in [4.69, 9.17) is 14.2 Å². The minimum atomic E-state index is -3.90. The van der Waals surface area contributed by atoms with E-state index in [9.17, 15) is 21.6 Å². The number of nitrogens with one attached hydrogen (secondary N) is 3. The standard InChI is InChI=1S/C30H31N3O5S.C22H25N3O3S/c1-32(30(34)38-22-24-7-3-2-4-8-24)28-11-5-10-27-26(28)9-6-12-29(27)39(35,36)31-25-15-13-23(14-16-25)21-33-17-19-37-20-18-33;1-23-21-6-2-5-20-19(21)4-3-7-22(20)29(26,27)24-18-10-8-17(9-11-18)16-25-12-14-28-15-13-25/h2-16,31H,17-22H2,1H3;2-11,23-24H,12-16H2,1H3. The van der Waals surface area contributed by atoms with Crippen molar-refractivity contribution in [1.29, 1.82) is 0 Å². The van der Waals surface area contributed by atoms with Crippen LogP contribution in [0.4, 0.5) is 27.5 Å². The lowest BCUT2D eigenvalue weighted by molar-refractivity contribution is 0.0341. The number of hydrogen-bond acceptors (Lipinski definition) is 11. The Kier molecular flexibility index (Phi) is 15.6. The van der Waals surface area contributed by atoms with E-state index in [0.29, 0.717) is 33.2 Å². The lowest BCUT2D eigenvalue weighted by Crippen LogP contribution is -2.35. The van der Waals surface area contributed by atoms with E-state index >= 15 is 0 Å². The van der Waals surface area contributed by atoms with Crippen molar-refractivity contribution in [2.75, 3.05) is 86.4 Å².